The summed E-state index contributed by atoms with van der Waals surface area (Å²) in [4.78, 5) is 8.62. The molecule has 1 atom stereocenters. The Balaban J connectivity index is 1.89. The largest absolute Gasteiger partial charge is 0.386 e. The van der Waals surface area contributed by atoms with Gasteiger partial charge in [-0.15, -0.1) is 0 Å². The summed E-state index contributed by atoms with van der Waals surface area (Å²) in [6.45, 7) is 0. The van der Waals surface area contributed by atoms with Crippen molar-refractivity contribution in [2.75, 3.05) is 0 Å². The first-order valence-corrected chi connectivity index (χ1v) is 6.37. The van der Waals surface area contributed by atoms with Crippen molar-refractivity contribution in [3.63, 3.8) is 0 Å². The van der Waals surface area contributed by atoms with Crippen molar-refractivity contribution in [1.82, 2.24) is 9.97 Å². The van der Waals surface area contributed by atoms with Gasteiger partial charge >= 0.3 is 0 Å². The van der Waals surface area contributed by atoms with Gasteiger partial charge in [0.05, 0.1) is 22.9 Å². The van der Waals surface area contributed by atoms with Crippen molar-refractivity contribution in [2.24, 2.45) is 0 Å². The summed E-state index contributed by atoms with van der Waals surface area (Å²) >= 11 is 0. The minimum Gasteiger partial charge on any atom is -0.386 e. The van der Waals surface area contributed by atoms with E-state index >= 15 is 0 Å². The number of rotatable bonds is 3. The van der Waals surface area contributed by atoms with Crippen LogP contribution in [0.2, 0.25) is 0 Å². The first-order chi connectivity index (χ1) is 9.74. The third kappa shape index (κ3) is 2.51. The molecule has 100 valence electrons. The number of halogens is 1. The molecule has 2 aromatic carbocycles. The van der Waals surface area contributed by atoms with Crippen LogP contribution in [0.25, 0.3) is 11.0 Å². The Bertz CT molecular complexity index is 745. The van der Waals surface area contributed by atoms with Crippen molar-refractivity contribution in [3.05, 3.63) is 71.8 Å². The smallest absolute Gasteiger partial charge is 0.126 e. The fourth-order valence-corrected chi connectivity index (χ4v) is 2.11. The lowest BCUT2D eigenvalue weighted by Crippen LogP contribution is -2.06. The van der Waals surface area contributed by atoms with E-state index in [1.54, 1.807) is 18.2 Å². The Kier molecular flexibility index (Phi) is 3.39. The SMILES string of the molecule is OC(Cc1ccccc1F)c1cnc2ccccc2n1. The van der Waals surface area contributed by atoms with Crippen LogP contribution < -0.4 is 0 Å². The Hall–Kier alpha value is -2.33. The zero-order valence-corrected chi connectivity index (χ0v) is 10.7. The molecule has 1 aromatic heterocycles. The van der Waals surface area contributed by atoms with E-state index in [0.29, 0.717) is 11.3 Å². The van der Waals surface area contributed by atoms with E-state index in [-0.39, 0.29) is 12.2 Å². The number of para-hydroxylation sites is 2. The predicted molar refractivity (Wildman–Crippen MR) is 74.6 cm³/mol. The molecule has 0 saturated heterocycles. The lowest BCUT2D eigenvalue weighted by atomic mass is 10.1. The van der Waals surface area contributed by atoms with Gasteiger partial charge in [-0.2, -0.15) is 0 Å². The van der Waals surface area contributed by atoms with Crippen LogP contribution in [0.3, 0.4) is 0 Å². The van der Waals surface area contributed by atoms with Crippen LogP contribution >= 0.6 is 0 Å². The average molecular weight is 268 g/mol. The Labute approximate surface area is 115 Å². The van der Waals surface area contributed by atoms with Gasteiger partial charge in [-0.3, -0.25) is 4.98 Å². The van der Waals surface area contributed by atoms with Crippen LogP contribution in [-0.2, 0) is 6.42 Å². The molecule has 1 heterocycles. The zero-order chi connectivity index (χ0) is 13.9. The minimum atomic E-state index is -0.871. The maximum atomic E-state index is 13.6. The summed E-state index contributed by atoms with van der Waals surface area (Å²) in [5.74, 6) is -0.319. The van der Waals surface area contributed by atoms with Crippen molar-refractivity contribution in [1.29, 1.82) is 0 Å². The van der Waals surface area contributed by atoms with Crippen molar-refractivity contribution in [2.45, 2.75) is 12.5 Å². The fraction of sp³-hybridized carbons (Fsp3) is 0.125. The monoisotopic (exact) mass is 268 g/mol. The van der Waals surface area contributed by atoms with Gasteiger partial charge in [-0.05, 0) is 23.8 Å². The predicted octanol–water partition coefficient (Wildman–Crippen LogP) is 3.05. The van der Waals surface area contributed by atoms with Crippen LogP contribution in [0.1, 0.15) is 17.4 Å². The highest BCUT2D eigenvalue weighted by molar-refractivity contribution is 5.73. The van der Waals surface area contributed by atoms with Gasteiger partial charge in [0.1, 0.15) is 11.9 Å². The molecule has 4 heteroatoms. The molecule has 3 nitrogen and oxygen atoms in total. The van der Waals surface area contributed by atoms with E-state index in [0.717, 1.165) is 11.0 Å². The van der Waals surface area contributed by atoms with Crippen LogP contribution in [0.4, 0.5) is 4.39 Å². The molecule has 0 saturated carbocycles. The van der Waals surface area contributed by atoms with E-state index in [4.69, 9.17) is 0 Å². The van der Waals surface area contributed by atoms with Gasteiger partial charge in [-0.1, -0.05) is 30.3 Å². The van der Waals surface area contributed by atoms with E-state index in [1.807, 2.05) is 24.3 Å². The van der Waals surface area contributed by atoms with Crippen molar-refractivity contribution >= 4 is 11.0 Å². The summed E-state index contributed by atoms with van der Waals surface area (Å²) in [6.07, 6.45) is 0.845. The number of aliphatic hydroxyl groups excluding tert-OH is 1. The number of aromatic nitrogens is 2. The van der Waals surface area contributed by atoms with E-state index in [9.17, 15) is 9.50 Å². The van der Waals surface area contributed by atoms with Crippen molar-refractivity contribution in [3.8, 4) is 0 Å². The summed E-state index contributed by atoms with van der Waals surface area (Å²) in [7, 11) is 0. The zero-order valence-electron chi connectivity index (χ0n) is 10.7. The second kappa shape index (κ2) is 5.35. The molecule has 0 bridgehead atoms. The molecule has 0 spiro atoms. The molecule has 3 aromatic rings. The number of aliphatic hydroxyl groups is 1. The Morgan fingerprint density at radius 2 is 1.70 bits per heavy atom. The number of nitrogens with zero attached hydrogens (tertiary/aromatic N) is 2. The van der Waals surface area contributed by atoms with Crippen LogP contribution in [0.15, 0.2) is 54.7 Å². The maximum absolute atomic E-state index is 13.6. The summed E-state index contributed by atoms with van der Waals surface area (Å²) in [6, 6.07) is 13.9. The molecule has 1 unspecified atom stereocenters. The van der Waals surface area contributed by atoms with E-state index in [2.05, 4.69) is 9.97 Å². The van der Waals surface area contributed by atoms with Gasteiger partial charge in [0.2, 0.25) is 0 Å². The summed E-state index contributed by atoms with van der Waals surface area (Å²) in [5, 5.41) is 10.2. The molecular weight excluding hydrogens is 255 g/mol. The number of hydrogen-bond donors (Lipinski definition) is 1. The highest BCUT2D eigenvalue weighted by Gasteiger charge is 2.13. The Morgan fingerprint density at radius 3 is 2.50 bits per heavy atom. The summed E-state index contributed by atoms with van der Waals surface area (Å²) in [5.41, 5.74) is 2.41. The van der Waals surface area contributed by atoms with E-state index in [1.165, 1.54) is 12.3 Å². The summed E-state index contributed by atoms with van der Waals surface area (Å²) < 4.78 is 13.6. The molecule has 0 aliphatic rings. The van der Waals surface area contributed by atoms with Gasteiger partial charge < -0.3 is 5.11 Å². The number of benzene rings is 2. The van der Waals surface area contributed by atoms with Gasteiger partial charge in [0, 0.05) is 6.42 Å². The number of fused-ring (bicyclic) bond motifs is 1. The third-order valence-corrected chi connectivity index (χ3v) is 3.18. The van der Waals surface area contributed by atoms with Crippen LogP contribution in [0.5, 0.6) is 0 Å². The van der Waals surface area contributed by atoms with Gasteiger partial charge in [0.25, 0.3) is 0 Å². The highest BCUT2D eigenvalue weighted by Crippen LogP contribution is 2.19. The van der Waals surface area contributed by atoms with E-state index < -0.39 is 6.10 Å². The molecule has 3 rings (SSSR count). The molecule has 0 radical (unpaired) electrons. The van der Waals surface area contributed by atoms with Crippen LogP contribution in [-0.4, -0.2) is 15.1 Å². The molecule has 0 aliphatic heterocycles. The molecule has 0 fully saturated rings. The highest BCUT2D eigenvalue weighted by atomic mass is 19.1. The second-order valence-corrected chi connectivity index (χ2v) is 4.59. The lowest BCUT2D eigenvalue weighted by molar-refractivity contribution is 0.172. The fourth-order valence-electron chi connectivity index (χ4n) is 2.11. The average Bonchev–Trinajstić information content (AvgIpc) is 2.49. The number of hydrogen-bond acceptors (Lipinski definition) is 3. The topological polar surface area (TPSA) is 46.0 Å². The van der Waals surface area contributed by atoms with Crippen molar-refractivity contribution < 1.29 is 9.50 Å². The van der Waals surface area contributed by atoms with Gasteiger partial charge in [-0.25, -0.2) is 9.37 Å². The molecule has 1 N–H and O–H groups in total. The Morgan fingerprint density at radius 1 is 1.00 bits per heavy atom. The maximum Gasteiger partial charge on any atom is 0.126 e. The molecule has 0 amide bonds. The molecule has 0 aliphatic carbocycles. The molecule has 20 heavy (non-hydrogen) atoms. The normalized spacial score (nSPS) is 12.5. The standard InChI is InChI=1S/C16H13FN2O/c17-12-6-2-1-5-11(12)9-16(20)15-10-18-13-7-3-4-8-14(13)19-15/h1-8,10,16,20H,9H2. The quantitative estimate of drug-likeness (QED) is 0.794. The lowest BCUT2D eigenvalue weighted by Gasteiger charge is -2.11. The molecular formula is C16H13FN2O. The third-order valence-electron chi connectivity index (χ3n) is 3.18. The van der Waals surface area contributed by atoms with Gasteiger partial charge in [0.15, 0.2) is 0 Å². The first kappa shape index (κ1) is 12.7. The minimum absolute atomic E-state index is 0.180. The first-order valence-electron chi connectivity index (χ1n) is 6.37. The van der Waals surface area contributed by atoms with Crippen LogP contribution in [0, 0.1) is 5.82 Å². The second-order valence-electron chi connectivity index (χ2n) is 4.59.